The molecule has 0 fully saturated rings. The molecule has 0 aliphatic heterocycles. The lowest BCUT2D eigenvalue weighted by Gasteiger charge is -2.05. The first-order valence-corrected chi connectivity index (χ1v) is 9.34. The summed E-state index contributed by atoms with van der Waals surface area (Å²) in [6, 6.07) is 16.4. The lowest BCUT2D eigenvalue weighted by Crippen LogP contribution is -2.10. The quantitative estimate of drug-likeness (QED) is 0.318. The summed E-state index contributed by atoms with van der Waals surface area (Å²) in [5.41, 5.74) is 2.39. The van der Waals surface area contributed by atoms with Crippen LogP contribution in [0.3, 0.4) is 0 Å². The molecule has 8 nitrogen and oxygen atoms in total. The Morgan fingerprint density at radius 2 is 1.53 bits per heavy atom. The number of hydrogen-bond acceptors (Lipinski definition) is 6. The van der Waals surface area contributed by atoms with Crippen molar-refractivity contribution in [3.05, 3.63) is 70.5 Å². The van der Waals surface area contributed by atoms with E-state index in [2.05, 4.69) is 9.97 Å². The number of nitrogens with one attached hydrogen (secondary N) is 2. The maximum absolute atomic E-state index is 13.1. The highest BCUT2D eigenvalue weighted by Gasteiger charge is 2.23. The number of aromatic amines is 2. The minimum atomic E-state index is -0.619. The van der Waals surface area contributed by atoms with Crippen molar-refractivity contribution >= 4 is 27.9 Å². The van der Waals surface area contributed by atoms with E-state index in [9.17, 15) is 9.59 Å². The Hall–Kier alpha value is -3.46. The summed E-state index contributed by atoms with van der Waals surface area (Å²) >= 11 is 0. The number of rotatable bonds is 5. The molecule has 4 aromatic rings. The van der Waals surface area contributed by atoms with Crippen LogP contribution in [0, 0.1) is 0 Å². The zero-order chi connectivity index (χ0) is 21.5. The van der Waals surface area contributed by atoms with Crippen LogP contribution in [0.25, 0.3) is 33.1 Å². The summed E-state index contributed by atoms with van der Waals surface area (Å²) in [7, 11) is 0. The number of ether oxygens (including phenoxy) is 1. The molecular weight excluding hydrogens is 388 g/mol. The SMILES string of the molecule is O=C(OCCO)c1[nH]c2[nH]c3ccccc3c(=O)c2c1-c1ccccc1.OCCO. The summed E-state index contributed by atoms with van der Waals surface area (Å²) in [5.74, 6) is -0.619. The third kappa shape index (κ3) is 4.25. The van der Waals surface area contributed by atoms with Gasteiger partial charge in [0, 0.05) is 10.9 Å². The van der Waals surface area contributed by atoms with Crippen LogP contribution in [0.1, 0.15) is 10.5 Å². The van der Waals surface area contributed by atoms with Gasteiger partial charge in [0.2, 0.25) is 0 Å². The number of esters is 1. The lowest BCUT2D eigenvalue weighted by atomic mass is 10.0. The van der Waals surface area contributed by atoms with E-state index in [4.69, 9.17) is 20.1 Å². The topological polar surface area (TPSA) is 136 Å². The normalized spacial score (nSPS) is 10.6. The number of para-hydroxylation sites is 1. The molecule has 5 N–H and O–H groups in total. The molecule has 8 heteroatoms. The predicted octanol–water partition coefficient (Wildman–Crippen LogP) is 1.80. The van der Waals surface area contributed by atoms with Gasteiger partial charge in [0.1, 0.15) is 17.9 Å². The highest BCUT2D eigenvalue weighted by Crippen LogP contribution is 2.31. The van der Waals surface area contributed by atoms with E-state index in [1.54, 1.807) is 12.1 Å². The van der Waals surface area contributed by atoms with Crippen molar-refractivity contribution in [1.82, 2.24) is 9.97 Å². The Bertz CT molecular complexity index is 1190. The van der Waals surface area contributed by atoms with E-state index < -0.39 is 5.97 Å². The monoisotopic (exact) mass is 410 g/mol. The summed E-state index contributed by atoms with van der Waals surface area (Å²) in [6.45, 7) is -0.631. The number of pyridine rings is 1. The first-order valence-electron chi connectivity index (χ1n) is 9.34. The van der Waals surface area contributed by atoms with Crippen LogP contribution in [-0.4, -0.2) is 57.7 Å². The zero-order valence-electron chi connectivity index (χ0n) is 16.1. The summed E-state index contributed by atoms with van der Waals surface area (Å²) in [5, 5.41) is 25.1. The molecular formula is C22H22N2O6. The van der Waals surface area contributed by atoms with Gasteiger partial charge in [-0.1, -0.05) is 42.5 Å². The molecule has 0 radical (unpaired) electrons. The minimum Gasteiger partial charge on any atom is -0.459 e. The first-order chi connectivity index (χ1) is 14.6. The molecule has 0 saturated carbocycles. The summed E-state index contributed by atoms with van der Waals surface area (Å²) in [4.78, 5) is 31.8. The van der Waals surface area contributed by atoms with Crippen molar-refractivity contribution < 1.29 is 24.9 Å². The molecule has 2 aromatic carbocycles. The van der Waals surface area contributed by atoms with Crippen molar-refractivity contribution in [2.24, 2.45) is 0 Å². The van der Waals surface area contributed by atoms with Crippen molar-refractivity contribution in [3.63, 3.8) is 0 Å². The highest BCUT2D eigenvalue weighted by molar-refractivity contribution is 6.09. The maximum Gasteiger partial charge on any atom is 0.355 e. The number of carbonyl (C=O) groups excluding carboxylic acids is 1. The van der Waals surface area contributed by atoms with E-state index >= 15 is 0 Å². The van der Waals surface area contributed by atoms with Gasteiger partial charge in [-0.15, -0.1) is 0 Å². The van der Waals surface area contributed by atoms with E-state index in [0.29, 0.717) is 27.5 Å². The van der Waals surface area contributed by atoms with Crippen LogP contribution in [0.15, 0.2) is 59.4 Å². The number of hydrogen-bond donors (Lipinski definition) is 5. The summed E-state index contributed by atoms with van der Waals surface area (Å²) in [6.07, 6.45) is 0. The van der Waals surface area contributed by atoms with Gasteiger partial charge < -0.3 is 30.0 Å². The van der Waals surface area contributed by atoms with E-state index in [1.807, 2.05) is 42.5 Å². The van der Waals surface area contributed by atoms with Gasteiger partial charge in [-0.05, 0) is 17.7 Å². The van der Waals surface area contributed by atoms with E-state index in [0.717, 1.165) is 5.56 Å². The number of H-pyrrole nitrogens is 2. The largest absolute Gasteiger partial charge is 0.459 e. The third-order valence-electron chi connectivity index (χ3n) is 4.35. The Labute approximate surface area is 171 Å². The molecule has 156 valence electrons. The Morgan fingerprint density at radius 3 is 2.20 bits per heavy atom. The van der Waals surface area contributed by atoms with E-state index in [1.165, 1.54) is 0 Å². The fraction of sp³-hybridized carbons (Fsp3) is 0.182. The van der Waals surface area contributed by atoms with Gasteiger partial charge in [0.15, 0.2) is 5.43 Å². The smallest absolute Gasteiger partial charge is 0.355 e. The van der Waals surface area contributed by atoms with Gasteiger partial charge in [0.25, 0.3) is 0 Å². The van der Waals surface area contributed by atoms with Crippen LogP contribution in [0.5, 0.6) is 0 Å². The highest BCUT2D eigenvalue weighted by atomic mass is 16.5. The molecule has 0 bridgehead atoms. The molecule has 0 atom stereocenters. The molecule has 0 aliphatic carbocycles. The fourth-order valence-corrected chi connectivity index (χ4v) is 3.14. The molecule has 0 saturated heterocycles. The third-order valence-corrected chi connectivity index (χ3v) is 4.35. The fourth-order valence-electron chi connectivity index (χ4n) is 3.14. The number of aliphatic hydroxyl groups is 3. The lowest BCUT2D eigenvalue weighted by molar-refractivity contribution is 0.0429. The molecule has 0 spiro atoms. The molecule has 30 heavy (non-hydrogen) atoms. The summed E-state index contributed by atoms with van der Waals surface area (Å²) < 4.78 is 5.07. The van der Waals surface area contributed by atoms with E-state index in [-0.39, 0.29) is 37.6 Å². The average Bonchev–Trinajstić information content (AvgIpc) is 3.18. The molecule has 4 rings (SSSR count). The van der Waals surface area contributed by atoms with Crippen LogP contribution < -0.4 is 5.43 Å². The van der Waals surface area contributed by atoms with Crippen LogP contribution in [0.2, 0.25) is 0 Å². The van der Waals surface area contributed by atoms with Crippen LogP contribution in [0.4, 0.5) is 0 Å². The van der Waals surface area contributed by atoms with Gasteiger partial charge in [0.05, 0.1) is 30.7 Å². The van der Waals surface area contributed by atoms with Crippen molar-refractivity contribution in [3.8, 4) is 11.1 Å². The number of aromatic nitrogens is 2. The van der Waals surface area contributed by atoms with Gasteiger partial charge in [-0.2, -0.15) is 0 Å². The zero-order valence-corrected chi connectivity index (χ0v) is 16.1. The standard InChI is InChI=1S/C20H16N2O4.C2H6O2/c23-10-11-26-20(25)17-15(12-6-2-1-3-7-12)16-18(24)13-8-4-5-9-14(13)21-19(16)22-17;3-1-2-4/h1-9,23H,10-11H2,(H2,21,22,24);3-4H,1-2H2. The second kappa shape index (κ2) is 9.84. The van der Waals surface area contributed by atoms with Gasteiger partial charge in [-0.25, -0.2) is 4.79 Å². The maximum atomic E-state index is 13.1. The second-order valence-corrected chi connectivity index (χ2v) is 6.30. The number of carbonyl (C=O) groups is 1. The molecule has 2 heterocycles. The predicted molar refractivity (Wildman–Crippen MR) is 113 cm³/mol. The first kappa shape index (κ1) is 21.3. The van der Waals surface area contributed by atoms with Crippen molar-refractivity contribution in [2.45, 2.75) is 0 Å². The number of aliphatic hydroxyl groups excluding tert-OH is 3. The number of fused-ring (bicyclic) bond motifs is 2. The van der Waals surface area contributed by atoms with Gasteiger partial charge in [-0.3, -0.25) is 4.79 Å². The van der Waals surface area contributed by atoms with Crippen molar-refractivity contribution in [2.75, 3.05) is 26.4 Å². The average molecular weight is 410 g/mol. The second-order valence-electron chi connectivity index (χ2n) is 6.30. The van der Waals surface area contributed by atoms with Gasteiger partial charge >= 0.3 is 5.97 Å². The Balaban J connectivity index is 0.000000589. The van der Waals surface area contributed by atoms with Crippen LogP contribution >= 0.6 is 0 Å². The Kier molecular flexibility index (Phi) is 6.97. The molecule has 0 amide bonds. The minimum absolute atomic E-state index is 0.113. The van der Waals surface area contributed by atoms with Crippen LogP contribution in [-0.2, 0) is 4.74 Å². The number of benzene rings is 2. The van der Waals surface area contributed by atoms with Crippen molar-refractivity contribution in [1.29, 1.82) is 0 Å². The molecule has 0 unspecified atom stereocenters. The Morgan fingerprint density at radius 1 is 0.867 bits per heavy atom. The molecule has 0 aliphatic rings. The molecule has 2 aromatic heterocycles.